The van der Waals surface area contributed by atoms with Crippen LogP contribution in [0.15, 0.2) is 60.9 Å². The largest absolute Gasteiger partial charge is 0.480 e. The average Bonchev–Trinajstić information content (AvgIpc) is 3.97. The lowest BCUT2D eigenvalue weighted by Gasteiger charge is -2.15. The second-order valence-electron chi connectivity index (χ2n) is 14.3. The first-order chi connectivity index (χ1) is 28.3. The number of carboxylic acids is 1. The topological polar surface area (TPSA) is 177 Å². The molecule has 0 spiro atoms. The molecule has 2 unspecified atom stereocenters. The fraction of sp³-hybridized carbons (Fsp3) is 0.385. The van der Waals surface area contributed by atoms with E-state index in [2.05, 4.69) is 30.4 Å². The van der Waals surface area contributed by atoms with Crippen LogP contribution in [-0.2, 0) is 28.4 Å². The number of carbonyl (C=O) groups excluding carboxylic acids is 1. The SMILES string of the molecule is CC(C)c1c(N)cnn1-c1ccc(F)cc1.Cc1nc(C(F)(F)F)nn1C(C)C(=O)Cc1cnn(-c2ccc(Cl)cc2)c1C(C)C.Cc1nc(C(F)(F)F)nn1C(C)C(=O)O. The van der Waals surface area contributed by atoms with Gasteiger partial charge in [-0.05, 0) is 88.1 Å². The Bertz CT molecular complexity index is 2430. The molecule has 3 N–H and O–H groups in total. The molecule has 2 aromatic carbocycles. The highest BCUT2D eigenvalue weighted by Crippen LogP contribution is 2.30. The van der Waals surface area contributed by atoms with E-state index in [0.29, 0.717) is 16.3 Å². The van der Waals surface area contributed by atoms with E-state index >= 15 is 0 Å². The minimum atomic E-state index is -4.66. The highest BCUT2D eigenvalue weighted by atomic mass is 35.5. The van der Waals surface area contributed by atoms with Crippen molar-refractivity contribution in [1.29, 1.82) is 0 Å². The van der Waals surface area contributed by atoms with Gasteiger partial charge in [0.15, 0.2) is 5.78 Å². The summed E-state index contributed by atoms with van der Waals surface area (Å²) in [6.07, 6.45) is -6.07. The number of nitrogens with two attached hydrogens (primary N) is 1. The summed E-state index contributed by atoms with van der Waals surface area (Å²) in [5.41, 5.74) is 10.7. The molecule has 0 aliphatic rings. The molecule has 0 amide bonds. The third-order valence-corrected chi connectivity index (χ3v) is 9.24. The number of carboxylic acid groups (broad SMARTS) is 1. The number of aryl methyl sites for hydroxylation is 2. The summed E-state index contributed by atoms with van der Waals surface area (Å²) in [6.45, 7) is 13.5. The van der Waals surface area contributed by atoms with Crippen molar-refractivity contribution in [2.24, 2.45) is 0 Å². The molecule has 0 aliphatic heterocycles. The minimum absolute atomic E-state index is 0.0168. The number of hydrogen-bond acceptors (Lipinski definition) is 9. The molecule has 328 valence electrons. The molecule has 2 atom stereocenters. The molecule has 22 heteroatoms. The van der Waals surface area contributed by atoms with Crippen LogP contribution in [0.5, 0.6) is 0 Å². The zero-order valence-corrected chi connectivity index (χ0v) is 34.9. The van der Waals surface area contributed by atoms with Gasteiger partial charge in [-0.25, -0.2) is 37.9 Å². The second-order valence-corrected chi connectivity index (χ2v) is 14.7. The molecule has 0 saturated heterocycles. The van der Waals surface area contributed by atoms with Crippen LogP contribution < -0.4 is 5.73 Å². The van der Waals surface area contributed by atoms with Gasteiger partial charge in [-0.1, -0.05) is 39.3 Å². The first-order valence-corrected chi connectivity index (χ1v) is 18.9. The van der Waals surface area contributed by atoms with E-state index in [-0.39, 0.29) is 41.5 Å². The molecule has 14 nitrogen and oxygen atoms in total. The maximum Gasteiger partial charge on any atom is 0.453 e. The summed E-state index contributed by atoms with van der Waals surface area (Å²) in [6, 6.07) is 11.3. The van der Waals surface area contributed by atoms with E-state index < -0.39 is 42.1 Å². The average molecular weight is 882 g/mol. The number of nitrogen functional groups attached to an aromatic ring is 1. The zero-order valence-electron chi connectivity index (χ0n) is 34.1. The highest BCUT2D eigenvalue weighted by molar-refractivity contribution is 6.30. The van der Waals surface area contributed by atoms with Crippen LogP contribution in [0.2, 0.25) is 5.02 Å². The van der Waals surface area contributed by atoms with Crippen LogP contribution in [0.25, 0.3) is 11.4 Å². The van der Waals surface area contributed by atoms with Gasteiger partial charge in [-0.15, -0.1) is 10.2 Å². The van der Waals surface area contributed by atoms with Gasteiger partial charge in [-0.3, -0.25) is 4.79 Å². The minimum Gasteiger partial charge on any atom is -0.480 e. The van der Waals surface area contributed by atoms with Gasteiger partial charge in [0.1, 0.15) is 29.5 Å². The normalized spacial score (nSPS) is 12.8. The smallest absolute Gasteiger partial charge is 0.453 e. The predicted octanol–water partition coefficient (Wildman–Crippen LogP) is 8.91. The Morgan fingerprint density at radius 3 is 1.56 bits per heavy atom. The quantitative estimate of drug-likeness (QED) is 0.126. The molecule has 0 bridgehead atoms. The standard InChI is InChI=1S/C20H21ClF3N5O.C12H14FN3.C7H8F3N3O2/c1-11(2)18-14(10-25-29(18)16-7-5-15(21)6-8-16)9-17(30)12(3)28-13(4)26-19(27-28)20(22,23)24;1-8(2)12-11(14)7-15-16(12)10-5-3-9(13)4-6-10;1-3(5(14)15)13-4(2)11-6(12-13)7(8,9)10/h5-8,10-12H,9H2,1-4H3;3-8H,14H2,1-2H3;3H,1-2H3,(H,14,15). The molecular weight excluding hydrogens is 839 g/mol. The number of carbonyl (C=O) groups is 2. The number of rotatable bonds is 10. The number of anilines is 1. The number of Topliss-reactive ketones (excluding diaryl/α,β-unsaturated/α-hetero) is 1. The molecule has 0 fully saturated rings. The molecule has 4 aromatic heterocycles. The third-order valence-electron chi connectivity index (χ3n) is 8.99. The summed E-state index contributed by atoms with van der Waals surface area (Å²) in [4.78, 5) is 30.0. The van der Waals surface area contributed by atoms with E-state index in [0.717, 1.165) is 32.1 Å². The highest BCUT2D eigenvalue weighted by Gasteiger charge is 2.38. The lowest BCUT2D eigenvalue weighted by Crippen LogP contribution is -2.22. The molecular formula is C39H43ClF7N11O3. The number of nitrogens with zero attached hydrogens (tertiary/aromatic N) is 10. The van der Waals surface area contributed by atoms with E-state index in [4.69, 9.17) is 22.4 Å². The lowest BCUT2D eigenvalue weighted by molar-refractivity contribution is -0.146. The van der Waals surface area contributed by atoms with Gasteiger partial charge >= 0.3 is 18.3 Å². The van der Waals surface area contributed by atoms with Crippen molar-refractivity contribution in [3.05, 3.63) is 112 Å². The molecule has 0 saturated carbocycles. The van der Waals surface area contributed by atoms with E-state index in [1.54, 1.807) is 46.0 Å². The fourth-order valence-electron chi connectivity index (χ4n) is 6.02. The molecule has 6 aromatic rings. The summed E-state index contributed by atoms with van der Waals surface area (Å²) in [5.74, 6) is -4.10. The second kappa shape index (κ2) is 19.1. The van der Waals surface area contributed by atoms with Crippen molar-refractivity contribution in [1.82, 2.24) is 49.1 Å². The van der Waals surface area contributed by atoms with Crippen LogP contribution in [-0.4, -0.2) is 65.9 Å². The lowest BCUT2D eigenvalue weighted by atomic mass is 9.99. The number of aliphatic carboxylic acids is 1. The van der Waals surface area contributed by atoms with Gasteiger partial charge < -0.3 is 10.8 Å². The van der Waals surface area contributed by atoms with Crippen LogP contribution in [0.3, 0.4) is 0 Å². The van der Waals surface area contributed by atoms with Crippen LogP contribution in [0.1, 0.15) is 106 Å². The van der Waals surface area contributed by atoms with E-state index in [9.17, 15) is 40.3 Å². The number of hydrogen-bond donors (Lipinski definition) is 2. The first-order valence-electron chi connectivity index (χ1n) is 18.5. The number of alkyl halides is 6. The molecule has 0 aliphatic carbocycles. The zero-order chi connectivity index (χ0) is 45.7. The summed E-state index contributed by atoms with van der Waals surface area (Å²) >= 11 is 5.95. The number of benzene rings is 2. The van der Waals surface area contributed by atoms with Gasteiger partial charge in [-0.2, -0.15) is 36.5 Å². The number of halogens is 8. The van der Waals surface area contributed by atoms with Crippen molar-refractivity contribution in [2.45, 2.75) is 98.1 Å². The summed E-state index contributed by atoms with van der Waals surface area (Å²) in [5, 5.41) is 24.4. The van der Waals surface area contributed by atoms with Crippen LogP contribution in [0, 0.1) is 19.7 Å². The number of ketones is 1. The van der Waals surface area contributed by atoms with Gasteiger partial charge in [0.25, 0.3) is 11.6 Å². The van der Waals surface area contributed by atoms with E-state index in [1.807, 2.05) is 39.8 Å². The van der Waals surface area contributed by atoms with E-state index in [1.165, 1.54) is 39.8 Å². The van der Waals surface area contributed by atoms with Crippen LogP contribution in [0.4, 0.5) is 36.4 Å². The predicted molar refractivity (Wildman–Crippen MR) is 210 cm³/mol. The van der Waals surface area contributed by atoms with Gasteiger partial charge in [0, 0.05) is 17.0 Å². The first kappa shape index (κ1) is 47.6. The molecule has 6 rings (SSSR count). The summed E-state index contributed by atoms with van der Waals surface area (Å²) in [7, 11) is 0. The van der Waals surface area contributed by atoms with Gasteiger partial charge in [0.05, 0.1) is 40.8 Å². The number of aromatic nitrogens is 10. The van der Waals surface area contributed by atoms with Gasteiger partial charge in [0.2, 0.25) is 0 Å². The fourth-order valence-corrected chi connectivity index (χ4v) is 6.15. The Morgan fingerprint density at radius 2 is 1.13 bits per heavy atom. The molecule has 4 heterocycles. The monoisotopic (exact) mass is 881 g/mol. The maximum atomic E-state index is 12.9. The Morgan fingerprint density at radius 1 is 0.705 bits per heavy atom. The van der Waals surface area contributed by atoms with Crippen molar-refractivity contribution in [2.75, 3.05) is 5.73 Å². The van der Waals surface area contributed by atoms with Crippen LogP contribution >= 0.6 is 11.6 Å². The Hall–Kier alpha value is -6.12. The third kappa shape index (κ3) is 11.6. The maximum absolute atomic E-state index is 12.9. The van der Waals surface area contributed by atoms with Crippen molar-refractivity contribution in [3.63, 3.8) is 0 Å². The molecule has 0 radical (unpaired) electrons. The Balaban J connectivity index is 0.000000222. The Kier molecular flexibility index (Phi) is 14.9. The van der Waals surface area contributed by atoms with Crippen molar-refractivity contribution < 1.29 is 45.4 Å². The summed E-state index contributed by atoms with van der Waals surface area (Å²) < 4.78 is 93.2. The van der Waals surface area contributed by atoms with Crippen molar-refractivity contribution >= 4 is 29.0 Å². The Labute approximate surface area is 350 Å². The molecule has 61 heavy (non-hydrogen) atoms. The van der Waals surface area contributed by atoms with Crippen molar-refractivity contribution in [3.8, 4) is 11.4 Å².